The summed E-state index contributed by atoms with van der Waals surface area (Å²) < 4.78 is 29.9. The van der Waals surface area contributed by atoms with Crippen molar-refractivity contribution < 1.29 is 13.6 Å². The van der Waals surface area contributed by atoms with E-state index in [1.54, 1.807) is 39.5 Å². The minimum absolute atomic E-state index is 0.0142. The molecule has 2 aromatic heterocycles. The molecule has 0 fully saturated rings. The molecule has 4 aromatic rings. The first-order chi connectivity index (χ1) is 16.0. The number of hydrogen-bond donors (Lipinski definition) is 1. The Morgan fingerprint density at radius 2 is 1.70 bits per heavy atom. The number of amides is 1. The van der Waals surface area contributed by atoms with Crippen molar-refractivity contribution in [1.29, 1.82) is 0 Å². The molecule has 1 N–H and O–H groups in total. The van der Waals surface area contributed by atoms with Gasteiger partial charge in [0.2, 0.25) is 0 Å². The number of benzene rings is 2. The fourth-order valence-corrected chi connectivity index (χ4v) is 4.34. The average molecular weight is 448 g/mol. The fourth-order valence-electron chi connectivity index (χ4n) is 4.34. The predicted octanol–water partition coefficient (Wildman–Crippen LogP) is 3.63. The van der Waals surface area contributed by atoms with Crippen LogP contribution in [0.2, 0.25) is 0 Å². The number of nitrogens with one attached hydrogen (secondary N) is 1. The SMILES string of the molecule is O=C(NCc1cc(F)cc(F)c1)c1ccc(Cn2ccn3nc4c(c3c2=O)CCCC4)cc1. The van der Waals surface area contributed by atoms with E-state index < -0.39 is 11.6 Å². The van der Waals surface area contributed by atoms with Crippen molar-refractivity contribution in [1.82, 2.24) is 19.5 Å². The van der Waals surface area contributed by atoms with E-state index in [9.17, 15) is 18.4 Å². The quantitative estimate of drug-likeness (QED) is 0.507. The predicted molar refractivity (Wildman–Crippen MR) is 119 cm³/mol. The first kappa shape index (κ1) is 21.1. The number of carbonyl (C=O) groups is 1. The second-order valence-corrected chi connectivity index (χ2v) is 8.31. The lowest BCUT2D eigenvalue weighted by Crippen LogP contribution is -2.24. The van der Waals surface area contributed by atoms with Crippen LogP contribution < -0.4 is 10.9 Å². The van der Waals surface area contributed by atoms with Gasteiger partial charge in [-0.3, -0.25) is 9.59 Å². The van der Waals surface area contributed by atoms with Crippen molar-refractivity contribution in [2.24, 2.45) is 0 Å². The molecule has 0 aliphatic heterocycles. The first-order valence-corrected chi connectivity index (χ1v) is 10.9. The summed E-state index contributed by atoms with van der Waals surface area (Å²) in [6.45, 7) is 0.389. The Morgan fingerprint density at radius 1 is 0.970 bits per heavy atom. The second kappa shape index (κ2) is 8.61. The maximum atomic E-state index is 13.3. The minimum Gasteiger partial charge on any atom is -0.348 e. The molecule has 0 spiro atoms. The highest BCUT2D eigenvalue weighted by atomic mass is 19.1. The van der Waals surface area contributed by atoms with Crippen LogP contribution in [0, 0.1) is 11.6 Å². The summed E-state index contributed by atoms with van der Waals surface area (Å²) in [6.07, 6.45) is 7.50. The lowest BCUT2D eigenvalue weighted by Gasteiger charge is -2.10. The maximum absolute atomic E-state index is 13.3. The molecule has 0 bridgehead atoms. The zero-order valence-corrected chi connectivity index (χ0v) is 17.9. The lowest BCUT2D eigenvalue weighted by atomic mass is 9.97. The fraction of sp³-hybridized carbons (Fsp3) is 0.240. The Balaban J connectivity index is 1.30. The summed E-state index contributed by atoms with van der Waals surface area (Å²) in [6, 6.07) is 10.1. The standard InChI is InChI=1S/C25H22F2N4O2/c26-19-11-17(12-20(27)13-19)14-28-24(32)18-7-5-16(6-8-18)15-30-9-10-31-23(25(30)33)21-3-1-2-4-22(21)29-31/h5-13H,1-4,14-15H2,(H,28,32). The van der Waals surface area contributed by atoms with Crippen LogP contribution in [-0.2, 0) is 25.9 Å². The van der Waals surface area contributed by atoms with Crippen LogP contribution in [0.5, 0.6) is 0 Å². The summed E-state index contributed by atoms with van der Waals surface area (Å²) >= 11 is 0. The molecule has 0 saturated carbocycles. The minimum atomic E-state index is -0.687. The van der Waals surface area contributed by atoms with Crippen molar-refractivity contribution in [3.05, 3.63) is 105 Å². The van der Waals surface area contributed by atoms with Gasteiger partial charge in [-0.1, -0.05) is 12.1 Å². The average Bonchev–Trinajstić information content (AvgIpc) is 3.18. The molecule has 0 unspecified atom stereocenters. The second-order valence-electron chi connectivity index (χ2n) is 8.31. The van der Waals surface area contributed by atoms with Gasteiger partial charge in [-0.15, -0.1) is 0 Å². The number of nitrogens with zero attached hydrogens (tertiary/aromatic N) is 3. The van der Waals surface area contributed by atoms with E-state index in [-0.39, 0.29) is 18.0 Å². The van der Waals surface area contributed by atoms with Crippen LogP contribution in [0.3, 0.4) is 0 Å². The van der Waals surface area contributed by atoms with Crippen LogP contribution in [0.15, 0.2) is 59.7 Å². The Morgan fingerprint density at radius 3 is 2.45 bits per heavy atom. The van der Waals surface area contributed by atoms with E-state index in [0.29, 0.717) is 23.2 Å². The Labute approximate surface area is 188 Å². The van der Waals surface area contributed by atoms with Crippen molar-refractivity contribution in [3.63, 3.8) is 0 Å². The molecule has 0 saturated heterocycles. The van der Waals surface area contributed by atoms with Gasteiger partial charge in [-0.25, -0.2) is 13.3 Å². The molecular formula is C25H22F2N4O2. The molecule has 1 aliphatic carbocycles. The number of fused-ring (bicyclic) bond motifs is 3. The molecule has 6 nitrogen and oxygen atoms in total. The molecule has 2 aromatic carbocycles. The van der Waals surface area contributed by atoms with E-state index in [4.69, 9.17) is 0 Å². The zero-order valence-electron chi connectivity index (χ0n) is 17.9. The normalized spacial score (nSPS) is 13.2. The van der Waals surface area contributed by atoms with Crippen LogP contribution >= 0.6 is 0 Å². The third-order valence-electron chi connectivity index (χ3n) is 5.98. The van der Waals surface area contributed by atoms with E-state index in [0.717, 1.165) is 48.6 Å². The zero-order chi connectivity index (χ0) is 22.9. The number of hydrogen-bond acceptors (Lipinski definition) is 3. The van der Waals surface area contributed by atoms with E-state index in [1.807, 2.05) is 6.20 Å². The van der Waals surface area contributed by atoms with Crippen LogP contribution in [0.25, 0.3) is 5.52 Å². The van der Waals surface area contributed by atoms with Gasteiger partial charge in [0.25, 0.3) is 11.5 Å². The van der Waals surface area contributed by atoms with Gasteiger partial charge in [0.05, 0.1) is 12.2 Å². The number of aromatic nitrogens is 3. The third kappa shape index (κ3) is 4.28. The molecule has 33 heavy (non-hydrogen) atoms. The molecule has 1 aliphatic rings. The monoisotopic (exact) mass is 448 g/mol. The highest BCUT2D eigenvalue weighted by Crippen LogP contribution is 2.22. The Bertz CT molecular complexity index is 1390. The highest BCUT2D eigenvalue weighted by Gasteiger charge is 2.19. The van der Waals surface area contributed by atoms with Gasteiger partial charge >= 0.3 is 0 Å². The molecule has 2 heterocycles. The highest BCUT2D eigenvalue weighted by molar-refractivity contribution is 5.94. The number of rotatable bonds is 5. The van der Waals surface area contributed by atoms with E-state index in [2.05, 4.69) is 10.4 Å². The first-order valence-electron chi connectivity index (χ1n) is 10.9. The molecule has 0 atom stereocenters. The third-order valence-corrected chi connectivity index (χ3v) is 5.98. The molecule has 168 valence electrons. The summed E-state index contributed by atoms with van der Waals surface area (Å²) in [7, 11) is 0. The van der Waals surface area contributed by atoms with Crippen LogP contribution in [0.4, 0.5) is 8.78 Å². The molecule has 5 rings (SSSR count). The van der Waals surface area contributed by atoms with Gasteiger partial charge in [0, 0.05) is 36.1 Å². The van der Waals surface area contributed by atoms with Gasteiger partial charge in [0.15, 0.2) is 0 Å². The summed E-state index contributed by atoms with van der Waals surface area (Å²) in [4.78, 5) is 25.5. The Hall–Kier alpha value is -3.81. The number of halogens is 2. The van der Waals surface area contributed by atoms with Crippen LogP contribution in [0.1, 0.15) is 45.6 Å². The summed E-state index contributed by atoms with van der Waals surface area (Å²) in [5, 5.41) is 7.22. The van der Waals surface area contributed by atoms with E-state index >= 15 is 0 Å². The topological polar surface area (TPSA) is 68.4 Å². The summed E-state index contributed by atoms with van der Waals surface area (Å²) in [5.41, 5.74) is 4.30. The number of carbonyl (C=O) groups excluding carboxylic acids is 1. The smallest absolute Gasteiger partial charge is 0.277 e. The Kier molecular flexibility index (Phi) is 5.50. The largest absolute Gasteiger partial charge is 0.348 e. The lowest BCUT2D eigenvalue weighted by molar-refractivity contribution is 0.0950. The molecule has 0 radical (unpaired) electrons. The van der Waals surface area contributed by atoms with Crippen LogP contribution in [-0.4, -0.2) is 20.1 Å². The van der Waals surface area contributed by atoms with Gasteiger partial charge in [-0.2, -0.15) is 5.10 Å². The maximum Gasteiger partial charge on any atom is 0.277 e. The molecular weight excluding hydrogens is 426 g/mol. The van der Waals surface area contributed by atoms with Gasteiger partial charge in [-0.05, 0) is 61.1 Å². The van der Waals surface area contributed by atoms with Crippen molar-refractivity contribution in [2.45, 2.75) is 38.8 Å². The molecule has 8 heteroatoms. The van der Waals surface area contributed by atoms with Gasteiger partial charge in [0.1, 0.15) is 17.2 Å². The molecule has 1 amide bonds. The van der Waals surface area contributed by atoms with Crippen molar-refractivity contribution in [2.75, 3.05) is 0 Å². The van der Waals surface area contributed by atoms with Gasteiger partial charge < -0.3 is 9.88 Å². The number of aryl methyl sites for hydroxylation is 2. The summed E-state index contributed by atoms with van der Waals surface area (Å²) in [5.74, 6) is -1.72. The van der Waals surface area contributed by atoms with Crippen molar-refractivity contribution in [3.8, 4) is 0 Å². The van der Waals surface area contributed by atoms with E-state index in [1.165, 1.54) is 12.1 Å². The van der Waals surface area contributed by atoms with Crippen molar-refractivity contribution >= 4 is 11.4 Å².